The Bertz CT molecular complexity index is 1070. The molecule has 9 heteroatoms. The number of rotatable bonds is 12. The number of amides is 3. The Kier molecular flexibility index (Phi) is 12.2. The van der Waals surface area contributed by atoms with Crippen molar-refractivity contribution in [2.75, 3.05) is 5.75 Å². The Hall–Kier alpha value is -3.20. The van der Waals surface area contributed by atoms with Crippen LogP contribution in [0.1, 0.15) is 71.6 Å². The van der Waals surface area contributed by atoms with Gasteiger partial charge in [0.05, 0.1) is 0 Å². The summed E-state index contributed by atoms with van der Waals surface area (Å²) >= 11 is 4.35. The lowest BCUT2D eigenvalue weighted by Gasteiger charge is -2.38. The molecule has 0 aromatic heterocycles. The second-order valence-corrected chi connectivity index (χ2v) is 11.5. The molecule has 2 aromatic carbocycles. The van der Waals surface area contributed by atoms with Gasteiger partial charge in [-0.05, 0) is 69.7 Å². The highest BCUT2D eigenvalue weighted by Gasteiger charge is 2.38. The second kappa shape index (κ2) is 14.8. The molecule has 0 aliphatic carbocycles. The summed E-state index contributed by atoms with van der Waals surface area (Å²) in [4.78, 5) is 42.0. The maximum Gasteiger partial charge on any atom is 0.408 e. The molecule has 0 bridgehead atoms. The lowest BCUT2D eigenvalue weighted by molar-refractivity contribution is -0.144. The van der Waals surface area contributed by atoms with Crippen LogP contribution >= 0.6 is 12.6 Å². The van der Waals surface area contributed by atoms with Gasteiger partial charge in [0.1, 0.15) is 23.4 Å². The number of carbonyl (C=O) groups excluding carboxylic acids is 3. The predicted octanol–water partition coefficient (Wildman–Crippen LogP) is 5.23. The van der Waals surface area contributed by atoms with Gasteiger partial charge in [-0.1, -0.05) is 56.3 Å². The minimum absolute atomic E-state index is 0.0133. The summed E-state index contributed by atoms with van der Waals surface area (Å²) in [5.41, 5.74) is 0.712. The third-order valence-electron chi connectivity index (χ3n) is 6.11. The van der Waals surface area contributed by atoms with Crippen LogP contribution in [0.4, 0.5) is 4.79 Å². The van der Waals surface area contributed by atoms with Gasteiger partial charge in [-0.3, -0.25) is 9.59 Å². The molecule has 8 nitrogen and oxygen atoms in total. The first-order chi connectivity index (χ1) is 18.3. The van der Waals surface area contributed by atoms with Crippen molar-refractivity contribution >= 4 is 30.5 Å². The number of hydrogen-bond acceptors (Lipinski definition) is 6. The van der Waals surface area contributed by atoms with Gasteiger partial charge < -0.3 is 25.4 Å². The van der Waals surface area contributed by atoms with E-state index < -0.39 is 29.7 Å². The van der Waals surface area contributed by atoms with E-state index in [1.54, 1.807) is 32.9 Å². The molecule has 39 heavy (non-hydrogen) atoms. The monoisotopic (exact) mass is 557 g/mol. The third-order valence-corrected chi connectivity index (χ3v) is 6.47. The lowest BCUT2D eigenvalue weighted by Crippen LogP contribution is -2.56. The highest BCUT2D eigenvalue weighted by atomic mass is 32.1. The first kappa shape index (κ1) is 32.0. The molecule has 0 aliphatic rings. The number of nitrogens with one attached hydrogen (secondary N) is 2. The Morgan fingerprint density at radius 2 is 1.59 bits per heavy atom. The lowest BCUT2D eigenvalue weighted by atomic mass is 9.97. The predicted molar refractivity (Wildman–Crippen MR) is 157 cm³/mol. The zero-order valence-corrected chi connectivity index (χ0v) is 24.7. The van der Waals surface area contributed by atoms with E-state index in [0.717, 1.165) is 12.0 Å². The number of hydrogen-bond donors (Lipinski definition) is 4. The van der Waals surface area contributed by atoms with Gasteiger partial charge in [0, 0.05) is 18.3 Å². The number of thiol groups is 1. The number of phenolic OH excluding ortho intramolecular Hbond substituents is 1. The van der Waals surface area contributed by atoms with Crippen molar-refractivity contribution in [3.8, 4) is 5.75 Å². The molecule has 2 rings (SSSR count). The molecule has 0 saturated heterocycles. The fourth-order valence-electron chi connectivity index (χ4n) is 4.10. The Labute approximate surface area is 237 Å². The highest BCUT2D eigenvalue weighted by Crippen LogP contribution is 2.29. The molecule has 3 N–H and O–H groups in total. The molecule has 0 aliphatic heterocycles. The van der Waals surface area contributed by atoms with Crippen LogP contribution in [-0.4, -0.2) is 51.4 Å². The molecule has 0 radical (unpaired) electrons. The standard InChI is InChI=1S/C30H43N3O5S/c1-20(2)12-13-21(3)33(28(36)25(19-39)32-29(37)38-30(4,5)6)26(23-14-16-24(34)17-15-23)27(35)31-18-22-10-8-7-9-11-22/h7-11,14-17,20-21,25-26,34,39H,12-13,18-19H2,1-6H3,(H,31,35)(H,32,37). The summed E-state index contributed by atoms with van der Waals surface area (Å²) in [6, 6.07) is 13.4. The second-order valence-electron chi connectivity index (χ2n) is 11.1. The van der Waals surface area contributed by atoms with Crippen LogP contribution in [0.2, 0.25) is 0 Å². The van der Waals surface area contributed by atoms with Crippen molar-refractivity contribution in [3.63, 3.8) is 0 Å². The summed E-state index contributed by atoms with van der Waals surface area (Å²) in [5.74, 6) is -0.361. The van der Waals surface area contributed by atoms with Gasteiger partial charge in [0.2, 0.25) is 11.8 Å². The quantitative estimate of drug-likeness (QED) is 0.268. The van der Waals surface area contributed by atoms with Gasteiger partial charge in [-0.15, -0.1) is 0 Å². The maximum atomic E-state index is 14.1. The summed E-state index contributed by atoms with van der Waals surface area (Å²) in [7, 11) is 0. The topological polar surface area (TPSA) is 108 Å². The van der Waals surface area contributed by atoms with E-state index in [9.17, 15) is 19.5 Å². The molecule has 3 unspecified atom stereocenters. The van der Waals surface area contributed by atoms with E-state index in [0.29, 0.717) is 17.9 Å². The number of nitrogens with zero attached hydrogens (tertiary/aromatic N) is 1. The van der Waals surface area contributed by atoms with Gasteiger partial charge in [-0.25, -0.2) is 4.79 Å². The molecule has 3 amide bonds. The van der Waals surface area contributed by atoms with Crippen LogP contribution in [0.3, 0.4) is 0 Å². The van der Waals surface area contributed by atoms with Crippen LogP contribution in [-0.2, 0) is 20.9 Å². The van der Waals surface area contributed by atoms with Crippen molar-refractivity contribution in [3.05, 3.63) is 65.7 Å². The van der Waals surface area contributed by atoms with E-state index in [4.69, 9.17) is 4.74 Å². The van der Waals surface area contributed by atoms with Crippen LogP contribution in [0.25, 0.3) is 0 Å². The number of carbonyl (C=O) groups is 3. The molecule has 0 heterocycles. The summed E-state index contributed by atoms with van der Waals surface area (Å²) in [5, 5.41) is 15.5. The van der Waals surface area contributed by atoms with Crippen molar-refractivity contribution < 1.29 is 24.2 Å². The maximum absolute atomic E-state index is 14.1. The van der Waals surface area contributed by atoms with E-state index in [2.05, 4.69) is 37.1 Å². The van der Waals surface area contributed by atoms with Gasteiger partial charge >= 0.3 is 6.09 Å². The number of phenols is 1. The van der Waals surface area contributed by atoms with Crippen LogP contribution in [0, 0.1) is 5.92 Å². The molecule has 0 saturated carbocycles. The van der Waals surface area contributed by atoms with E-state index in [1.807, 2.05) is 37.3 Å². The van der Waals surface area contributed by atoms with E-state index >= 15 is 0 Å². The number of benzene rings is 2. The molecular weight excluding hydrogens is 514 g/mol. The first-order valence-electron chi connectivity index (χ1n) is 13.4. The Morgan fingerprint density at radius 3 is 2.13 bits per heavy atom. The van der Waals surface area contributed by atoms with Crippen molar-refractivity contribution in [1.82, 2.24) is 15.5 Å². The first-order valence-corrected chi connectivity index (χ1v) is 14.0. The van der Waals surface area contributed by atoms with E-state index in [1.165, 1.54) is 17.0 Å². The van der Waals surface area contributed by atoms with Crippen LogP contribution in [0.5, 0.6) is 5.75 Å². The number of alkyl carbamates (subject to hydrolysis) is 1. The van der Waals surface area contributed by atoms with Gasteiger partial charge in [0.15, 0.2) is 0 Å². The molecule has 0 fully saturated rings. The molecule has 214 valence electrons. The van der Waals surface area contributed by atoms with Crippen LogP contribution < -0.4 is 10.6 Å². The van der Waals surface area contributed by atoms with Crippen molar-refractivity contribution in [2.24, 2.45) is 5.92 Å². The van der Waals surface area contributed by atoms with E-state index in [-0.39, 0.29) is 30.0 Å². The third kappa shape index (κ3) is 10.5. The molecule has 2 aromatic rings. The summed E-state index contributed by atoms with van der Waals surface area (Å²) in [6.07, 6.45) is 0.749. The summed E-state index contributed by atoms with van der Waals surface area (Å²) < 4.78 is 5.37. The van der Waals surface area contributed by atoms with Crippen LogP contribution in [0.15, 0.2) is 54.6 Å². The molecule has 3 atom stereocenters. The average molecular weight is 558 g/mol. The minimum atomic E-state index is -1.02. The smallest absolute Gasteiger partial charge is 0.408 e. The Balaban J connectivity index is 2.48. The normalized spacial score (nSPS) is 13.7. The fraction of sp³-hybridized carbons (Fsp3) is 0.500. The minimum Gasteiger partial charge on any atom is -0.508 e. The SMILES string of the molecule is CC(C)CCC(C)N(C(=O)C(CS)NC(=O)OC(C)(C)C)C(C(=O)NCc1ccccc1)c1ccc(O)cc1. The zero-order valence-electron chi connectivity index (χ0n) is 23.8. The highest BCUT2D eigenvalue weighted by molar-refractivity contribution is 7.80. The van der Waals surface area contributed by atoms with Crippen molar-refractivity contribution in [2.45, 2.75) is 84.7 Å². The van der Waals surface area contributed by atoms with Gasteiger partial charge in [0.25, 0.3) is 0 Å². The molecular formula is C30H43N3O5S. The average Bonchev–Trinajstić information content (AvgIpc) is 2.87. The van der Waals surface area contributed by atoms with Gasteiger partial charge in [-0.2, -0.15) is 12.6 Å². The Morgan fingerprint density at radius 1 is 0.974 bits per heavy atom. The fourth-order valence-corrected chi connectivity index (χ4v) is 4.35. The zero-order chi connectivity index (χ0) is 29.2. The number of ether oxygens (including phenoxy) is 1. The largest absolute Gasteiger partial charge is 0.508 e. The summed E-state index contributed by atoms with van der Waals surface area (Å²) in [6.45, 7) is 11.6. The van der Waals surface area contributed by atoms with Crippen molar-refractivity contribution in [1.29, 1.82) is 0 Å². The number of aromatic hydroxyl groups is 1. The molecule has 0 spiro atoms.